The summed E-state index contributed by atoms with van der Waals surface area (Å²) in [5, 5.41) is 0. The number of benzene rings is 1. The van der Waals surface area contributed by atoms with Crippen molar-refractivity contribution in [3.05, 3.63) is 40.6 Å². The molecule has 5 nitrogen and oxygen atoms in total. The fourth-order valence-electron chi connectivity index (χ4n) is 2.39. The summed E-state index contributed by atoms with van der Waals surface area (Å²) >= 11 is 0. The van der Waals surface area contributed by atoms with Crippen molar-refractivity contribution in [3.8, 4) is 5.75 Å². The third kappa shape index (κ3) is 5.63. The average molecular weight is 444 g/mol. The molecule has 2 N–H and O–H groups in total. The van der Waals surface area contributed by atoms with Gasteiger partial charge in [-0.05, 0) is 38.8 Å². The Morgan fingerprint density at radius 2 is 1.47 bits per heavy atom. The number of carbonyl (C=O) groups excluding carboxylic acids is 2. The van der Waals surface area contributed by atoms with E-state index < -0.39 is 42.0 Å². The van der Waals surface area contributed by atoms with Crippen LogP contribution in [0.1, 0.15) is 23.6 Å². The second-order valence-electron chi connectivity index (χ2n) is 6.53. The third-order valence-corrected chi connectivity index (χ3v) is 3.76. The van der Waals surface area contributed by atoms with E-state index in [0.29, 0.717) is 5.75 Å². The predicted octanol–water partition coefficient (Wildman–Crippen LogP) is 3.92. The Morgan fingerprint density at radius 1 is 0.967 bits per heavy atom. The van der Waals surface area contributed by atoms with E-state index in [4.69, 9.17) is 4.74 Å². The maximum absolute atomic E-state index is 13.3. The molecular weight excluding hydrogens is 425 g/mol. The lowest BCUT2D eigenvalue weighted by atomic mass is 10.1. The van der Waals surface area contributed by atoms with E-state index in [1.807, 2.05) is 29.9 Å². The van der Waals surface area contributed by atoms with Crippen LogP contribution in [0.5, 0.6) is 5.75 Å². The van der Waals surface area contributed by atoms with Gasteiger partial charge < -0.3 is 10.2 Å². The number of hydrogen-bond donors (Lipinski definition) is 2. The maximum atomic E-state index is 13.3. The smallest absolute Gasteiger partial charge is 0.460 e. The summed E-state index contributed by atoms with van der Waals surface area (Å²) in [5.74, 6) is -15.8. The molecule has 12 heteroatoms. The molecule has 0 saturated heterocycles. The van der Waals surface area contributed by atoms with Crippen LogP contribution in [0, 0.1) is 20.8 Å². The zero-order valence-electron chi connectivity index (χ0n) is 16.3. The van der Waals surface area contributed by atoms with Crippen molar-refractivity contribution >= 4 is 11.7 Å². The summed E-state index contributed by atoms with van der Waals surface area (Å²) in [4.78, 5) is 23.0. The van der Waals surface area contributed by atoms with Gasteiger partial charge in [0, 0.05) is 11.8 Å². The SMILES string of the molecule is CC(=CC(=O)C(F)(F)C(F)(F)C(F)(F)F)NNC(=O)COc1c(C)cc(C)cc1C. The fraction of sp³-hybridized carbons (Fsp3) is 0.444. The number of nitrogens with one attached hydrogen (secondary N) is 2. The first-order valence-electron chi connectivity index (χ1n) is 8.31. The lowest BCUT2D eigenvalue weighted by Crippen LogP contribution is -2.55. The number of allylic oxidation sites excluding steroid dienone is 2. The van der Waals surface area contributed by atoms with Gasteiger partial charge in [-0.3, -0.25) is 15.0 Å². The number of ketones is 1. The van der Waals surface area contributed by atoms with Crippen LogP contribution in [0.2, 0.25) is 0 Å². The highest BCUT2D eigenvalue weighted by molar-refractivity contribution is 5.97. The van der Waals surface area contributed by atoms with Crippen LogP contribution in [-0.4, -0.2) is 36.3 Å². The van der Waals surface area contributed by atoms with E-state index >= 15 is 0 Å². The van der Waals surface area contributed by atoms with E-state index in [-0.39, 0.29) is 6.08 Å². The molecular formula is C18H19F7N2O3. The monoisotopic (exact) mass is 444 g/mol. The number of hydrogen-bond acceptors (Lipinski definition) is 4. The highest BCUT2D eigenvalue weighted by Crippen LogP contribution is 2.47. The first kappa shape index (κ1) is 25.2. The number of hydrazine groups is 1. The second-order valence-corrected chi connectivity index (χ2v) is 6.53. The fourth-order valence-corrected chi connectivity index (χ4v) is 2.39. The number of amides is 1. The Labute approximate surface area is 167 Å². The highest BCUT2D eigenvalue weighted by Gasteiger charge is 2.75. The van der Waals surface area contributed by atoms with Gasteiger partial charge in [0.1, 0.15) is 5.75 Å². The van der Waals surface area contributed by atoms with Crippen LogP contribution in [0.25, 0.3) is 0 Å². The predicted molar refractivity (Wildman–Crippen MR) is 92.1 cm³/mol. The lowest BCUT2D eigenvalue weighted by molar-refractivity contribution is -0.342. The van der Waals surface area contributed by atoms with E-state index in [1.165, 1.54) is 0 Å². The summed E-state index contributed by atoms with van der Waals surface area (Å²) in [6.45, 7) is 5.74. The van der Waals surface area contributed by atoms with Gasteiger partial charge in [-0.2, -0.15) is 30.7 Å². The lowest BCUT2D eigenvalue weighted by Gasteiger charge is -2.26. The Balaban J connectivity index is 2.71. The molecule has 1 aromatic rings. The van der Waals surface area contributed by atoms with Crippen molar-refractivity contribution < 1.29 is 45.1 Å². The van der Waals surface area contributed by atoms with Crippen molar-refractivity contribution in [1.29, 1.82) is 0 Å². The molecule has 0 radical (unpaired) electrons. The first-order valence-corrected chi connectivity index (χ1v) is 8.31. The normalized spacial score (nSPS) is 13.1. The molecule has 0 heterocycles. The molecule has 1 rings (SSSR count). The topological polar surface area (TPSA) is 67.4 Å². The molecule has 0 unspecified atom stereocenters. The molecule has 0 atom stereocenters. The number of rotatable bonds is 8. The van der Waals surface area contributed by atoms with Crippen LogP contribution < -0.4 is 15.6 Å². The van der Waals surface area contributed by atoms with Crippen molar-refractivity contribution in [3.63, 3.8) is 0 Å². The summed E-state index contributed by atoms with van der Waals surface area (Å²) in [6, 6.07) is 3.63. The summed E-state index contributed by atoms with van der Waals surface area (Å²) in [5.41, 5.74) is 5.77. The van der Waals surface area contributed by atoms with E-state index in [2.05, 4.69) is 0 Å². The van der Waals surface area contributed by atoms with Gasteiger partial charge in [0.25, 0.3) is 5.91 Å². The van der Waals surface area contributed by atoms with E-state index in [0.717, 1.165) is 23.6 Å². The molecule has 0 aromatic heterocycles. The molecule has 1 aromatic carbocycles. The Hall–Kier alpha value is -2.79. The van der Waals surface area contributed by atoms with Gasteiger partial charge in [-0.25, -0.2) is 0 Å². The van der Waals surface area contributed by atoms with Crippen molar-refractivity contribution in [1.82, 2.24) is 10.9 Å². The van der Waals surface area contributed by atoms with Crippen LogP contribution in [-0.2, 0) is 9.59 Å². The molecule has 0 aliphatic carbocycles. The van der Waals surface area contributed by atoms with Gasteiger partial charge in [0.2, 0.25) is 5.78 Å². The minimum absolute atomic E-state index is 0.172. The van der Waals surface area contributed by atoms with Gasteiger partial charge in [-0.15, -0.1) is 0 Å². The zero-order valence-corrected chi connectivity index (χ0v) is 16.3. The molecule has 168 valence electrons. The van der Waals surface area contributed by atoms with Crippen LogP contribution in [0.3, 0.4) is 0 Å². The van der Waals surface area contributed by atoms with Crippen molar-refractivity contribution in [2.75, 3.05) is 6.61 Å². The molecule has 30 heavy (non-hydrogen) atoms. The zero-order chi connectivity index (χ0) is 23.5. The van der Waals surface area contributed by atoms with Crippen LogP contribution in [0.4, 0.5) is 30.7 Å². The third-order valence-electron chi connectivity index (χ3n) is 3.76. The van der Waals surface area contributed by atoms with Crippen LogP contribution in [0.15, 0.2) is 23.9 Å². The molecule has 0 saturated carbocycles. The maximum Gasteiger partial charge on any atom is 0.460 e. The standard InChI is InChI=1S/C18H19F7N2O3/c1-9-5-10(2)15(11(3)6-9)30-8-14(29)27-26-12(4)7-13(28)16(19,20)17(21,22)18(23,24)25/h5-7,26H,8H2,1-4H3,(H,27,29). The summed E-state index contributed by atoms with van der Waals surface area (Å²) in [6.07, 6.45) is -6.80. The average Bonchev–Trinajstić information content (AvgIpc) is 2.57. The molecule has 0 fully saturated rings. The summed E-state index contributed by atoms with van der Waals surface area (Å²) in [7, 11) is 0. The number of ether oxygens (including phenoxy) is 1. The summed E-state index contributed by atoms with van der Waals surface area (Å²) < 4.78 is 93.8. The molecule has 0 aliphatic heterocycles. The van der Waals surface area contributed by atoms with Crippen molar-refractivity contribution in [2.45, 2.75) is 45.7 Å². The highest BCUT2D eigenvalue weighted by atomic mass is 19.4. The Morgan fingerprint density at radius 3 is 1.93 bits per heavy atom. The largest absolute Gasteiger partial charge is 0.483 e. The molecule has 1 amide bonds. The minimum Gasteiger partial charge on any atom is -0.483 e. The number of halogens is 7. The molecule has 0 aliphatic rings. The minimum atomic E-state index is -6.63. The van der Waals surface area contributed by atoms with Gasteiger partial charge in [0.15, 0.2) is 6.61 Å². The molecule has 0 spiro atoms. The first-order chi connectivity index (χ1) is 13.5. The number of alkyl halides is 7. The van der Waals surface area contributed by atoms with Gasteiger partial charge >= 0.3 is 18.0 Å². The number of aryl methyl sites for hydroxylation is 3. The van der Waals surface area contributed by atoms with Crippen LogP contribution >= 0.6 is 0 Å². The Bertz CT molecular complexity index is 826. The van der Waals surface area contributed by atoms with E-state index in [1.54, 1.807) is 13.8 Å². The number of carbonyl (C=O) groups is 2. The van der Waals surface area contributed by atoms with Crippen molar-refractivity contribution in [2.24, 2.45) is 0 Å². The quantitative estimate of drug-likeness (QED) is 0.363. The van der Waals surface area contributed by atoms with Gasteiger partial charge in [0.05, 0.1) is 0 Å². The molecule has 0 bridgehead atoms. The van der Waals surface area contributed by atoms with Gasteiger partial charge in [-0.1, -0.05) is 17.7 Å². The second kappa shape index (κ2) is 8.92. The van der Waals surface area contributed by atoms with E-state index in [9.17, 15) is 40.3 Å². The Kier molecular flexibility index (Phi) is 7.51.